The second-order valence-corrected chi connectivity index (χ2v) is 3.06. The molecule has 1 aliphatic heterocycles. The Bertz CT molecular complexity index is 105. The minimum absolute atomic E-state index is 0.624. The van der Waals surface area contributed by atoms with Gasteiger partial charge in [0, 0.05) is 0 Å². The van der Waals surface area contributed by atoms with E-state index in [1.54, 1.807) is 0 Å². The summed E-state index contributed by atoms with van der Waals surface area (Å²) in [5.74, 6) is 0. The number of unbranched alkanes of at least 4 members (excludes halogenated alkanes) is 4. The van der Waals surface area contributed by atoms with Gasteiger partial charge in [0.25, 0.3) is 0 Å². The van der Waals surface area contributed by atoms with Crippen LogP contribution in [0, 0.1) is 6.42 Å². The van der Waals surface area contributed by atoms with Gasteiger partial charge in [-0.1, -0.05) is 25.3 Å². The van der Waals surface area contributed by atoms with E-state index in [1.165, 1.54) is 32.1 Å². The van der Waals surface area contributed by atoms with Crippen LogP contribution >= 0.6 is 0 Å². The van der Waals surface area contributed by atoms with E-state index in [-0.39, 0.29) is 0 Å². The zero-order chi connectivity index (χ0) is 7.94. The Hall–Kier alpha value is -0.300. The summed E-state index contributed by atoms with van der Waals surface area (Å²) in [5.41, 5.74) is 0. The molecule has 1 heterocycles. The van der Waals surface area contributed by atoms with Gasteiger partial charge in [-0.25, -0.2) is 0 Å². The van der Waals surface area contributed by atoms with Gasteiger partial charge in [-0.3, -0.25) is 0 Å². The topological polar surface area (TPSA) is 12.5 Å². The number of allylic oxidation sites excluding steroid dienone is 1. The standard InChI is InChI=1S/C10H17O/c1-2-3-4-5-6-7-8-10-9-11-10/h2-3,10H,1,4-9H2. The van der Waals surface area contributed by atoms with Crippen molar-refractivity contribution >= 4 is 0 Å². The van der Waals surface area contributed by atoms with Gasteiger partial charge >= 0.3 is 0 Å². The van der Waals surface area contributed by atoms with Crippen LogP contribution in [0.15, 0.2) is 12.7 Å². The van der Waals surface area contributed by atoms with Crippen LogP contribution < -0.4 is 0 Å². The Kier molecular flexibility index (Phi) is 4.29. The second kappa shape index (κ2) is 5.36. The van der Waals surface area contributed by atoms with E-state index < -0.39 is 0 Å². The molecular formula is C10H17O. The zero-order valence-corrected chi connectivity index (χ0v) is 7.09. The molecule has 0 spiro atoms. The Morgan fingerprint density at radius 2 is 2.18 bits per heavy atom. The molecule has 0 aliphatic carbocycles. The van der Waals surface area contributed by atoms with Crippen LogP contribution in [0.2, 0.25) is 0 Å². The van der Waals surface area contributed by atoms with E-state index in [0.29, 0.717) is 6.10 Å². The molecule has 1 nitrogen and oxygen atoms in total. The third-order valence-electron chi connectivity index (χ3n) is 1.97. The highest BCUT2D eigenvalue weighted by atomic mass is 16.6. The average molecular weight is 153 g/mol. The molecule has 0 saturated carbocycles. The number of hydrogen-bond donors (Lipinski definition) is 0. The first kappa shape index (κ1) is 8.79. The molecule has 0 bridgehead atoms. The summed E-state index contributed by atoms with van der Waals surface area (Å²) in [5, 5.41) is 0. The van der Waals surface area contributed by atoms with Crippen LogP contribution in [0.4, 0.5) is 0 Å². The molecule has 0 amide bonds. The van der Waals surface area contributed by atoms with Gasteiger partial charge in [-0.15, -0.1) is 6.58 Å². The lowest BCUT2D eigenvalue weighted by Crippen LogP contribution is -1.85. The van der Waals surface area contributed by atoms with E-state index in [1.807, 2.05) is 6.08 Å². The van der Waals surface area contributed by atoms with Gasteiger partial charge in [-0.2, -0.15) is 0 Å². The molecule has 1 radical (unpaired) electrons. The van der Waals surface area contributed by atoms with Crippen molar-refractivity contribution in [1.82, 2.24) is 0 Å². The second-order valence-electron chi connectivity index (χ2n) is 3.06. The first-order valence-electron chi connectivity index (χ1n) is 4.49. The first-order chi connectivity index (χ1) is 5.43. The van der Waals surface area contributed by atoms with Gasteiger partial charge < -0.3 is 4.74 Å². The molecule has 0 aromatic heterocycles. The Balaban J connectivity index is 1.69. The highest BCUT2D eigenvalue weighted by Crippen LogP contribution is 2.17. The average Bonchev–Trinajstić information content (AvgIpc) is 2.80. The van der Waals surface area contributed by atoms with Crippen LogP contribution in [0.25, 0.3) is 0 Å². The minimum Gasteiger partial charge on any atom is -0.373 e. The summed E-state index contributed by atoms with van der Waals surface area (Å²) in [6.07, 6.45) is 11.1. The van der Waals surface area contributed by atoms with Crippen molar-refractivity contribution in [3.8, 4) is 0 Å². The van der Waals surface area contributed by atoms with Crippen LogP contribution in [0.1, 0.15) is 32.1 Å². The SMILES string of the molecule is C=C[CH]CCCCCC1CO1. The fraction of sp³-hybridized carbons (Fsp3) is 0.700. The normalized spacial score (nSPS) is 21.6. The maximum atomic E-state index is 5.11. The van der Waals surface area contributed by atoms with Crippen molar-refractivity contribution < 1.29 is 4.74 Å². The molecule has 1 rings (SSSR count). The lowest BCUT2D eigenvalue weighted by molar-refractivity contribution is 0.388. The first-order valence-corrected chi connectivity index (χ1v) is 4.49. The smallest absolute Gasteiger partial charge is 0.0810 e. The summed E-state index contributed by atoms with van der Waals surface area (Å²) in [4.78, 5) is 0. The fourth-order valence-corrected chi connectivity index (χ4v) is 1.16. The molecule has 1 unspecified atom stereocenters. The molecule has 63 valence electrons. The summed E-state index contributed by atoms with van der Waals surface area (Å²) in [7, 11) is 0. The molecular weight excluding hydrogens is 136 g/mol. The molecule has 1 fully saturated rings. The molecule has 1 heteroatoms. The minimum atomic E-state index is 0.624. The van der Waals surface area contributed by atoms with Crippen molar-refractivity contribution in [2.75, 3.05) is 6.61 Å². The van der Waals surface area contributed by atoms with Crippen LogP contribution in [-0.2, 0) is 4.74 Å². The van der Waals surface area contributed by atoms with Gasteiger partial charge in [-0.05, 0) is 19.3 Å². The van der Waals surface area contributed by atoms with Gasteiger partial charge in [0.1, 0.15) is 0 Å². The Morgan fingerprint density at radius 3 is 2.82 bits per heavy atom. The van der Waals surface area contributed by atoms with E-state index in [4.69, 9.17) is 4.74 Å². The lowest BCUT2D eigenvalue weighted by Gasteiger charge is -1.96. The predicted molar refractivity (Wildman–Crippen MR) is 47.3 cm³/mol. The van der Waals surface area contributed by atoms with Gasteiger partial charge in [0.2, 0.25) is 0 Å². The van der Waals surface area contributed by atoms with E-state index in [2.05, 4.69) is 13.0 Å². The van der Waals surface area contributed by atoms with Crippen molar-refractivity contribution in [1.29, 1.82) is 0 Å². The summed E-state index contributed by atoms with van der Waals surface area (Å²) in [6.45, 7) is 4.65. The summed E-state index contributed by atoms with van der Waals surface area (Å²) >= 11 is 0. The van der Waals surface area contributed by atoms with E-state index in [0.717, 1.165) is 6.61 Å². The molecule has 0 N–H and O–H groups in total. The van der Waals surface area contributed by atoms with Crippen LogP contribution in [0.3, 0.4) is 0 Å². The molecule has 1 atom stereocenters. The highest BCUT2D eigenvalue weighted by Gasteiger charge is 2.20. The number of ether oxygens (including phenoxy) is 1. The quantitative estimate of drug-likeness (QED) is 0.404. The van der Waals surface area contributed by atoms with Gasteiger partial charge in [0.15, 0.2) is 0 Å². The number of rotatable bonds is 7. The largest absolute Gasteiger partial charge is 0.373 e. The third kappa shape index (κ3) is 5.02. The maximum Gasteiger partial charge on any atom is 0.0810 e. The maximum absolute atomic E-state index is 5.11. The third-order valence-corrected chi connectivity index (χ3v) is 1.97. The van der Waals surface area contributed by atoms with Crippen molar-refractivity contribution in [2.45, 2.75) is 38.2 Å². The van der Waals surface area contributed by atoms with Crippen molar-refractivity contribution in [2.24, 2.45) is 0 Å². The Labute approximate surface area is 69.4 Å². The molecule has 1 saturated heterocycles. The van der Waals surface area contributed by atoms with E-state index >= 15 is 0 Å². The molecule has 0 aromatic rings. The summed E-state index contributed by atoms with van der Waals surface area (Å²) in [6, 6.07) is 0. The Morgan fingerprint density at radius 1 is 1.36 bits per heavy atom. The van der Waals surface area contributed by atoms with Crippen LogP contribution in [0.5, 0.6) is 0 Å². The van der Waals surface area contributed by atoms with Crippen molar-refractivity contribution in [3.05, 3.63) is 19.1 Å². The highest BCUT2D eigenvalue weighted by molar-refractivity contribution is 4.85. The molecule has 11 heavy (non-hydrogen) atoms. The molecule has 0 aromatic carbocycles. The van der Waals surface area contributed by atoms with Gasteiger partial charge in [0.05, 0.1) is 12.7 Å². The molecule has 1 aliphatic rings. The summed E-state index contributed by atoms with van der Waals surface area (Å²) < 4.78 is 5.11. The zero-order valence-electron chi connectivity index (χ0n) is 7.09. The van der Waals surface area contributed by atoms with Crippen molar-refractivity contribution in [3.63, 3.8) is 0 Å². The van der Waals surface area contributed by atoms with Crippen LogP contribution in [-0.4, -0.2) is 12.7 Å². The lowest BCUT2D eigenvalue weighted by atomic mass is 10.1. The fourth-order valence-electron chi connectivity index (χ4n) is 1.16. The number of epoxide rings is 1. The van der Waals surface area contributed by atoms with E-state index in [9.17, 15) is 0 Å². The number of hydrogen-bond acceptors (Lipinski definition) is 1. The monoisotopic (exact) mass is 153 g/mol. The predicted octanol–water partition coefficient (Wildman–Crippen LogP) is 2.73.